The van der Waals surface area contributed by atoms with E-state index in [1.807, 2.05) is 132 Å². The summed E-state index contributed by atoms with van der Waals surface area (Å²) in [5.74, 6) is 3.48. The first-order chi connectivity index (χ1) is 67.4. The van der Waals surface area contributed by atoms with E-state index in [1.54, 1.807) is 0 Å². The number of pyridine rings is 2. The number of rotatable bonds is 16. The van der Waals surface area contributed by atoms with Crippen LogP contribution >= 0.6 is 22.7 Å². The first kappa shape index (κ1) is 80.4. The molecule has 8 aromatic heterocycles. The largest absolute Gasteiger partial charge is 0.308 e. The SMILES string of the molecule is c1ccc(-c2ccc(-c3ccccc3)c(-c3cnc(-c4ccc5c(c4)sc4c5ccc5c6ccccc6n(-c6ccccc6)c54)c(-c4nc(-c5ccccc5)nc(-c5ccccc5)n4)c3)c2)cc1.c1ccc(-c2ccc(-c3ccccc3)c(-c3cnc(-c4cccc5c4sc4c5ccc5c6ccccc6n(-c6ccccc6)c54)c(-c4nc(-c5ccccc5)nc(-c5ccccc5)n4)c3)c2)cc1. The summed E-state index contributed by atoms with van der Waals surface area (Å²) < 4.78 is 9.66. The van der Waals surface area contributed by atoms with Crippen molar-refractivity contribution in [3.05, 3.63) is 473 Å². The maximum Gasteiger partial charge on any atom is 0.166 e. The lowest BCUT2D eigenvalue weighted by Crippen LogP contribution is -2.02. The average Bonchev–Trinajstić information content (AvgIpc) is 1.55. The van der Waals surface area contributed by atoms with Gasteiger partial charge < -0.3 is 9.13 Å². The average molecular weight is 1770 g/mol. The maximum atomic E-state index is 5.53. The molecule has 10 nitrogen and oxygen atoms in total. The highest BCUT2D eigenvalue weighted by Gasteiger charge is 2.28. The quantitative estimate of drug-likeness (QED) is 0.0940. The van der Waals surface area contributed by atoms with Crippen LogP contribution in [0.5, 0.6) is 0 Å². The zero-order chi connectivity index (χ0) is 89.9. The molecule has 0 bridgehead atoms. The molecule has 12 heteroatoms. The number of nitrogens with zero attached hydrogens (tertiary/aromatic N) is 10. The molecule has 18 aromatic carbocycles. The van der Waals surface area contributed by atoms with E-state index < -0.39 is 0 Å². The lowest BCUT2D eigenvalue weighted by molar-refractivity contribution is 1.07. The fourth-order valence-electron chi connectivity index (χ4n) is 19.4. The third-order valence-electron chi connectivity index (χ3n) is 25.8. The molecule has 0 amide bonds. The summed E-state index contributed by atoms with van der Waals surface area (Å²) >= 11 is 3.66. The van der Waals surface area contributed by atoms with Crippen LogP contribution in [0.3, 0.4) is 0 Å². The second kappa shape index (κ2) is 34.6. The van der Waals surface area contributed by atoms with Crippen LogP contribution in [0, 0.1) is 0 Å². The Bertz CT molecular complexity index is 8940. The van der Waals surface area contributed by atoms with Gasteiger partial charge in [-0.2, -0.15) is 0 Å². The summed E-state index contributed by atoms with van der Waals surface area (Å²) in [4.78, 5) is 42.4. The second-order valence-corrected chi connectivity index (χ2v) is 36.0. The number of hydrogen-bond acceptors (Lipinski definition) is 10. The molecule has 0 aliphatic carbocycles. The Morgan fingerprint density at radius 1 is 0.169 bits per heavy atom. The van der Waals surface area contributed by atoms with Crippen LogP contribution in [-0.4, -0.2) is 49.0 Å². The van der Waals surface area contributed by atoms with Crippen molar-refractivity contribution in [2.75, 3.05) is 0 Å². The fourth-order valence-corrected chi connectivity index (χ4v) is 22.0. The topological polar surface area (TPSA) is 113 Å². The number of thiophene rings is 2. The van der Waals surface area contributed by atoms with Gasteiger partial charge in [0.15, 0.2) is 34.9 Å². The van der Waals surface area contributed by atoms with Crippen molar-refractivity contribution in [1.29, 1.82) is 0 Å². The summed E-state index contributed by atoms with van der Waals surface area (Å²) in [6.07, 6.45) is 4.05. The van der Waals surface area contributed by atoms with E-state index in [2.05, 4.69) is 373 Å². The third-order valence-corrected chi connectivity index (χ3v) is 28.3. The van der Waals surface area contributed by atoms with Crippen LogP contribution in [0.15, 0.2) is 473 Å². The van der Waals surface area contributed by atoms with Gasteiger partial charge in [-0.1, -0.05) is 394 Å². The first-order valence-corrected chi connectivity index (χ1v) is 47.2. The molecule has 0 unspecified atom stereocenters. The molecule has 136 heavy (non-hydrogen) atoms. The normalized spacial score (nSPS) is 11.5. The maximum absolute atomic E-state index is 5.53. The van der Waals surface area contributed by atoms with Crippen molar-refractivity contribution in [3.8, 4) is 169 Å². The minimum atomic E-state index is 0.548. The van der Waals surface area contributed by atoms with Crippen LogP contribution in [0.25, 0.3) is 253 Å². The molecular formula is C124H78N10S2. The smallest absolute Gasteiger partial charge is 0.166 e. The molecule has 8 heterocycles. The number of para-hydroxylation sites is 4. The first-order valence-electron chi connectivity index (χ1n) is 45.6. The van der Waals surface area contributed by atoms with Crippen LogP contribution in [-0.2, 0) is 0 Å². The number of benzene rings is 18. The summed E-state index contributed by atoms with van der Waals surface area (Å²) in [5.41, 5.74) is 29.0. The minimum absolute atomic E-state index is 0.548. The molecule has 0 spiro atoms. The number of fused-ring (bicyclic) bond motifs is 14. The third kappa shape index (κ3) is 14.6. The Morgan fingerprint density at radius 3 is 0.919 bits per heavy atom. The minimum Gasteiger partial charge on any atom is -0.308 e. The summed E-state index contributed by atoms with van der Waals surface area (Å²) in [6.45, 7) is 0. The Balaban J connectivity index is 0.000000145. The Morgan fingerprint density at radius 2 is 0.485 bits per heavy atom. The second-order valence-electron chi connectivity index (χ2n) is 34.0. The van der Waals surface area contributed by atoms with Gasteiger partial charge in [0.1, 0.15) is 0 Å². The molecule has 0 atom stereocenters. The standard InChI is InChI=1S/2C62H39N5S/c1-6-19-40(20-7-1)44-33-34-47(41-21-8-2-9-22-41)53(37-44)45-38-54(62-65-60(42-23-10-3-11-24-42)64-61(66-62)43-25-12-4-13-26-43)56(63-39-45)52-31-18-30-50-51-36-35-49-48-29-16-17-32-55(48)67(46-27-14-5-15-28-46)57(49)59(51)68-58(50)52;1-6-18-40(19-7-1)44-30-32-48(41-20-8-2-9-21-41)53(36-44)46-37-54(62-65-60(42-22-10-3-11-23-42)64-61(66-62)43-24-12-4-13-25-43)57(63-39-46)45-31-33-50-52-35-34-51-49-28-16-17-29-55(49)67(47-26-14-5-15-27-47)58(51)59(52)68-56(50)38-45/h2*1-39H. The van der Waals surface area contributed by atoms with E-state index >= 15 is 0 Å². The molecule has 0 aliphatic rings. The fraction of sp³-hybridized carbons (Fsp3) is 0. The monoisotopic (exact) mass is 1770 g/mol. The van der Waals surface area contributed by atoms with E-state index in [1.165, 1.54) is 79.3 Å². The Hall–Kier alpha value is -17.7. The van der Waals surface area contributed by atoms with Crippen molar-refractivity contribution in [2.24, 2.45) is 0 Å². The van der Waals surface area contributed by atoms with Gasteiger partial charge in [0.25, 0.3) is 0 Å². The summed E-state index contributed by atoms with van der Waals surface area (Å²) in [6, 6.07) is 162. The number of aromatic nitrogens is 10. The highest BCUT2D eigenvalue weighted by molar-refractivity contribution is 7.27. The van der Waals surface area contributed by atoms with E-state index in [4.69, 9.17) is 39.9 Å². The van der Waals surface area contributed by atoms with Crippen LogP contribution in [0.2, 0.25) is 0 Å². The van der Waals surface area contributed by atoms with Crippen LogP contribution in [0.1, 0.15) is 0 Å². The Kier molecular flexibility index (Phi) is 20.4. The lowest BCUT2D eigenvalue weighted by Gasteiger charge is -2.16. The van der Waals surface area contributed by atoms with E-state index in [0.29, 0.717) is 34.9 Å². The van der Waals surface area contributed by atoms with Crippen molar-refractivity contribution >= 4 is 107 Å². The van der Waals surface area contributed by atoms with Gasteiger partial charge in [-0.25, -0.2) is 29.9 Å². The molecule has 0 N–H and O–H groups in total. The van der Waals surface area contributed by atoms with E-state index in [9.17, 15) is 0 Å². The van der Waals surface area contributed by atoms with Gasteiger partial charge in [-0.15, -0.1) is 22.7 Å². The molecule has 0 saturated heterocycles. The molecule has 0 aliphatic heterocycles. The van der Waals surface area contributed by atoms with E-state index in [0.717, 1.165) is 139 Å². The van der Waals surface area contributed by atoms with Crippen molar-refractivity contribution < 1.29 is 0 Å². The van der Waals surface area contributed by atoms with Gasteiger partial charge in [0.05, 0.1) is 42.9 Å². The van der Waals surface area contributed by atoms with Crippen LogP contribution in [0.4, 0.5) is 0 Å². The molecular weight excluding hydrogens is 1690 g/mol. The van der Waals surface area contributed by atoms with Crippen molar-refractivity contribution in [2.45, 2.75) is 0 Å². The highest BCUT2D eigenvalue weighted by Crippen LogP contribution is 2.51. The van der Waals surface area contributed by atoms with Gasteiger partial charge in [0, 0.05) is 132 Å². The van der Waals surface area contributed by atoms with Crippen LogP contribution < -0.4 is 0 Å². The zero-order valence-electron chi connectivity index (χ0n) is 73.3. The number of hydrogen-bond donors (Lipinski definition) is 0. The van der Waals surface area contributed by atoms with Crippen molar-refractivity contribution in [3.63, 3.8) is 0 Å². The van der Waals surface area contributed by atoms with Gasteiger partial charge in [-0.3, -0.25) is 9.97 Å². The predicted molar refractivity (Wildman–Crippen MR) is 566 cm³/mol. The molecule has 0 radical (unpaired) electrons. The van der Waals surface area contributed by atoms with Gasteiger partial charge in [0.2, 0.25) is 0 Å². The predicted octanol–water partition coefficient (Wildman–Crippen LogP) is 32.8. The lowest BCUT2D eigenvalue weighted by atomic mass is 9.90. The molecule has 0 saturated carbocycles. The highest BCUT2D eigenvalue weighted by atomic mass is 32.1. The van der Waals surface area contributed by atoms with E-state index in [-0.39, 0.29) is 0 Å². The molecule has 0 fully saturated rings. The summed E-state index contributed by atoms with van der Waals surface area (Å²) in [5, 5.41) is 9.78. The molecule has 26 aromatic rings. The van der Waals surface area contributed by atoms with Crippen molar-refractivity contribution in [1.82, 2.24) is 49.0 Å². The summed E-state index contributed by atoms with van der Waals surface area (Å²) in [7, 11) is 0. The van der Waals surface area contributed by atoms with Gasteiger partial charge in [-0.05, 0) is 122 Å². The molecule has 26 rings (SSSR count). The zero-order valence-corrected chi connectivity index (χ0v) is 75.0. The Labute approximate surface area is 792 Å². The molecule has 636 valence electrons. The van der Waals surface area contributed by atoms with Gasteiger partial charge >= 0.3 is 0 Å².